The normalized spacial score (nSPS) is 13.5. The summed E-state index contributed by atoms with van der Waals surface area (Å²) in [4.78, 5) is 116. The first-order valence-electron chi connectivity index (χ1n) is 28.4. The van der Waals surface area contributed by atoms with Crippen LogP contribution in [-0.2, 0) is 65.7 Å². The molecule has 23 nitrogen and oxygen atoms in total. The van der Waals surface area contributed by atoms with Crippen molar-refractivity contribution < 1.29 is 51.8 Å². The summed E-state index contributed by atoms with van der Waals surface area (Å²) >= 11 is 0. The molecule has 5 aromatic heterocycles. The van der Waals surface area contributed by atoms with Crippen molar-refractivity contribution in [3.05, 3.63) is 180 Å². The van der Waals surface area contributed by atoms with Gasteiger partial charge in [-0.25, -0.2) is 4.79 Å². The van der Waals surface area contributed by atoms with Gasteiger partial charge >= 0.3 is 12.1 Å². The molecule has 0 radical (unpaired) electrons. The highest BCUT2D eigenvalue weighted by molar-refractivity contribution is 5.99. The number of fused-ring (bicyclic) bond motifs is 5. The number of primary amides is 1. The van der Waals surface area contributed by atoms with Gasteiger partial charge in [0.15, 0.2) is 5.96 Å². The van der Waals surface area contributed by atoms with Gasteiger partial charge < -0.3 is 79.5 Å². The van der Waals surface area contributed by atoms with Crippen molar-refractivity contribution in [3.8, 4) is 0 Å². The minimum atomic E-state index is -5.08. The molecule has 0 saturated heterocycles. The van der Waals surface area contributed by atoms with Gasteiger partial charge in [-0.3, -0.25) is 33.8 Å². The number of guanidine groups is 1. The Morgan fingerprint density at radius 2 is 0.697 bits per heavy atom. The van der Waals surface area contributed by atoms with Crippen LogP contribution in [0.1, 0.15) is 40.7 Å². The maximum absolute atomic E-state index is 15.3. The fourth-order valence-electron chi connectivity index (χ4n) is 10.7. The third kappa shape index (κ3) is 15.8. The first-order valence-corrected chi connectivity index (χ1v) is 28.4. The number of carboxylic acids is 1. The van der Waals surface area contributed by atoms with E-state index in [1.54, 1.807) is 31.0 Å². The Bertz CT molecular complexity index is 4220. The van der Waals surface area contributed by atoms with Gasteiger partial charge in [0.25, 0.3) is 0 Å². The summed E-state index contributed by atoms with van der Waals surface area (Å²) in [5.74, 6) is -7.18. The number of benzene rings is 5. The fraction of sp³-hybridized carbons (Fsp3) is 0.238. The number of nitrogens with two attached hydrogens (primary N) is 4. The SMILES string of the molecule is NC(=O)C(Cc1c[nH]c2ccccc12)NC(=O)C(Cc1c[nH]c2ccccc12)NC(=O)C(Cc1c[nH]c2ccccc12)NC(=O)C(Cc1c[nH]c2ccccc12)NC(=O)C(CCCN=C(N)N)NC(=O)C(N)Cc1c[nH]c2ccccc12.O=C(O)C(F)(F)F. The van der Waals surface area contributed by atoms with E-state index in [0.717, 1.165) is 65.6 Å². The smallest absolute Gasteiger partial charge is 0.475 e. The van der Waals surface area contributed by atoms with Crippen LogP contribution in [0.15, 0.2) is 157 Å². The van der Waals surface area contributed by atoms with E-state index in [0.29, 0.717) is 16.7 Å². The Morgan fingerprint density at radius 1 is 0.427 bits per heavy atom. The summed E-state index contributed by atoms with van der Waals surface area (Å²) in [5.41, 5.74) is 31.5. The van der Waals surface area contributed by atoms with Gasteiger partial charge in [-0.05, 0) is 77.4 Å². The molecule has 6 amide bonds. The third-order valence-electron chi connectivity index (χ3n) is 15.2. The minimum Gasteiger partial charge on any atom is -0.475 e. The molecule has 10 aromatic rings. The quantitative estimate of drug-likeness (QED) is 0.0214. The number of amides is 6. The standard InChI is InChI=1S/C61H65N15O6.C2HF3O2/c62-44(24-34-29-67-45-17-6-1-12-39(34)45)56(78)72-50(22-11-23-66-61(64)65)57(79)74-53(27-37-32-70-48-20-9-4-15-42(37)48)59(81)76-54(28-38-33-71-49-21-10-5-16-43(38)49)60(82)75-52(26-36-31-69-47-19-8-3-14-41(36)47)58(80)73-51(55(63)77)25-35-30-68-46-18-7-2-13-40(35)46;3-2(4,5)1(6)7/h1-10,12-21,29-33,44,50-54,67-71H,11,22-28,62H2,(H2,63,77)(H,72,78)(H,73,80)(H,74,79)(H,75,82)(H,76,81)(H4,64,65,66);(H,6,7). The predicted octanol–water partition coefficient (Wildman–Crippen LogP) is 4.53. The highest BCUT2D eigenvalue weighted by atomic mass is 19.4. The van der Waals surface area contributed by atoms with Crippen LogP contribution in [0.5, 0.6) is 0 Å². The van der Waals surface area contributed by atoms with Crippen LogP contribution in [0, 0.1) is 0 Å². The highest BCUT2D eigenvalue weighted by Gasteiger charge is 2.38. The number of H-pyrrole nitrogens is 5. The summed E-state index contributed by atoms with van der Waals surface area (Å²) in [6.07, 6.45) is 4.09. The molecule has 5 aromatic carbocycles. The minimum absolute atomic E-state index is 0.0329. The van der Waals surface area contributed by atoms with Crippen LogP contribution in [0.25, 0.3) is 54.5 Å². The Balaban J connectivity index is 0.00000127. The first-order chi connectivity index (χ1) is 42.7. The van der Waals surface area contributed by atoms with E-state index in [2.05, 4.69) is 56.5 Å². The zero-order valence-corrected chi connectivity index (χ0v) is 47.8. The van der Waals surface area contributed by atoms with E-state index in [-0.39, 0.29) is 57.5 Å². The van der Waals surface area contributed by atoms with Crippen LogP contribution in [0.3, 0.4) is 0 Å². The number of aliphatic carboxylic acids is 1. The van der Waals surface area contributed by atoms with E-state index in [1.165, 1.54) is 0 Å². The molecule has 6 atom stereocenters. The maximum Gasteiger partial charge on any atom is 0.490 e. The lowest BCUT2D eigenvalue weighted by molar-refractivity contribution is -0.192. The number of aliphatic imine (C=N–C) groups is 1. The second-order valence-electron chi connectivity index (χ2n) is 21.4. The number of nitrogens with zero attached hydrogens (tertiary/aromatic N) is 1. The number of rotatable bonds is 25. The molecule has 19 N–H and O–H groups in total. The Kier molecular flexibility index (Phi) is 19.8. The van der Waals surface area contributed by atoms with E-state index in [9.17, 15) is 32.3 Å². The van der Waals surface area contributed by atoms with E-state index < -0.39 is 83.8 Å². The number of para-hydroxylation sites is 5. The van der Waals surface area contributed by atoms with Crippen molar-refractivity contribution in [2.75, 3.05) is 6.54 Å². The van der Waals surface area contributed by atoms with Crippen LogP contribution >= 0.6 is 0 Å². The van der Waals surface area contributed by atoms with E-state index in [4.69, 9.17) is 32.8 Å². The van der Waals surface area contributed by atoms with Gasteiger partial charge in [-0.1, -0.05) is 91.0 Å². The van der Waals surface area contributed by atoms with Gasteiger partial charge in [0, 0.05) is 118 Å². The lowest BCUT2D eigenvalue weighted by atomic mass is 9.99. The average Bonchev–Trinajstić information content (AvgIpc) is 2.39. The number of carbonyl (C=O) groups excluding carboxylic acids is 6. The second kappa shape index (κ2) is 28.1. The molecule has 0 saturated carbocycles. The van der Waals surface area contributed by atoms with Crippen LogP contribution in [0.4, 0.5) is 13.2 Å². The molecule has 26 heteroatoms. The van der Waals surface area contributed by atoms with Crippen LogP contribution in [-0.4, -0.2) is 126 Å². The number of alkyl halides is 3. The molecular formula is C63H66F3N15O8. The van der Waals surface area contributed by atoms with Crippen molar-refractivity contribution in [2.45, 2.75) is 87.4 Å². The number of nitrogens with one attached hydrogen (secondary N) is 10. The van der Waals surface area contributed by atoms with Gasteiger partial charge in [0.1, 0.15) is 30.2 Å². The molecular weight excluding hydrogens is 1150 g/mol. The molecule has 0 fully saturated rings. The number of hydrogen-bond acceptors (Lipinski definition) is 9. The van der Waals surface area contributed by atoms with Crippen molar-refractivity contribution >= 4 is 102 Å². The molecule has 0 aliphatic heterocycles. The first kappa shape index (κ1) is 62.6. The lowest BCUT2D eigenvalue weighted by Gasteiger charge is -2.27. The number of hydrogen-bond donors (Lipinski definition) is 15. The largest absolute Gasteiger partial charge is 0.490 e. The Hall–Kier alpha value is -10.9. The molecule has 0 bridgehead atoms. The van der Waals surface area contributed by atoms with Gasteiger partial charge in [-0.15, -0.1) is 0 Å². The average molecular weight is 1220 g/mol. The van der Waals surface area contributed by atoms with Gasteiger partial charge in [-0.2, -0.15) is 13.2 Å². The summed E-state index contributed by atoms with van der Waals surface area (Å²) in [6.45, 7) is 0.139. The Morgan fingerprint density at radius 3 is 1.00 bits per heavy atom. The van der Waals surface area contributed by atoms with Gasteiger partial charge in [0.05, 0.1) is 6.04 Å². The maximum atomic E-state index is 15.3. The number of halogens is 3. The lowest BCUT2D eigenvalue weighted by Crippen LogP contribution is -2.60. The van der Waals surface area contributed by atoms with Crippen molar-refractivity contribution in [1.29, 1.82) is 0 Å². The molecule has 462 valence electrons. The highest BCUT2D eigenvalue weighted by Crippen LogP contribution is 2.25. The van der Waals surface area contributed by atoms with Crippen LogP contribution < -0.4 is 49.5 Å². The number of aromatic amines is 5. The second-order valence-corrected chi connectivity index (χ2v) is 21.4. The summed E-state index contributed by atoms with van der Waals surface area (Å²) in [5, 5.41) is 25.8. The fourth-order valence-corrected chi connectivity index (χ4v) is 10.7. The number of aromatic nitrogens is 5. The molecule has 0 aliphatic rings. The molecule has 10 rings (SSSR count). The third-order valence-corrected chi connectivity index (χ3v) is 15.2. The van der Waals surface area contributed by atoms with Crippen LogP contribution in [0.2, 0.25) is 0 Å². The molecule has 0 spiro atoms. The molecule has 5 heterocycles. The number of carbonyl (C=O) groups is 7. The molecule has 89 heavy (non-hydrogen) atoms. The van der Waals surface area contributed by atoms with Crippen molar-refractivity contribution in [2.24, 2.45) is 27.9 Å². The Labute approximate surface area is 505 Å². The van der Waals surface area contributed by atoms with Gasteiger partial charge in [0.2, 0.25) is 35.4 Å². The molecule has 6 unspecified atom stereocenters. The predicted molar refractivity (Wildman–Crippen MR) is 330 cm³/mol. The summed E-state index contributed by atoms with van der Waals surface area (Å²) < 4.78 is 31.7. The summed E-state index contributed by atoms with van der Waals surface area (Å²) in [6, 6.07) is 30.2. The van der Waals surface area contributed by atoms with Crippen molar-refractivity contribution in [1.82, 2.24) is 51.5 Å². The zero-order chi connectivity index (χ0) is 63.4. The zero-order valence-electron chi connectivity index (χ0n) is 47.8. The van der Waals surface area contributed by atoms with E-state index in [1.807, 2.05) is 121 Å². The number of carboxylic acid groups (broad SMARTS) is 1. The van der Waals surface area contributed by atoms with E-state index >= 15 is 9.59 Å². The monoisotopic (exact) mass is 1220 g/mol. The molecule has 0 aliphatic carbocycles. The summed E-state index contributed by atoms with van der Waals surface area (Å²) in [7, 11) is 0. The topological polar surface area (TPSA) is 395 Å². The van der Waals surface area contributed by atoms with Crippen molar-refractivity contribution in [3.63, 3.8) is 0 Å².